The average molecular weight is 1760 g/mol. The number of guanidine groups is 6. The number of hydrogen-bond donors (Lipinski definition) is 20. The van der Waals surface area contributed by atoms with Crippen molar-refractivity contribution in [2.75, 3.05) is 6.54 Å². The molecule has 16 bridgehead atoms. The summed E-state index contributed by atoms with van der Waals surface area (Å²) in [6.45, 7) is 55.8. The van der Waals surface area contributed by atoms with Gasteiger partial charge in [0.2, 0.25) is 11.8 Å². The van der Waals surface area contributed by atoms with Gasteiger partial charge in [0.15, 0.2) is 35.8 Å². The summed E-state index contributed by atoms with van der Waals surface area (Å²) in [5.74, 6) is -1.64. The summed E-state index contributed by atoms with van der Waals surface area (Å²) in [6, 6.07) is 39.5. The molecule has 130 heavy (non-hydrogen) atoms. The van der Waals surface area contributed by atoms with Crippen molar-refractivity contribution in [3.8, 4) is 0 Å². The van der Waals surface area contributed by atoms with Gasteiger partial charge in [-0.2, -0.15) is 0 Å². The van der Waals surface area contributed by atoms with E-state index < -0.39 is 5.92 Å². The third-order valence-electron chi connectivity index (χ3n) is 26.1. The van der Waals surface area contributed by atoms with E-state index in [2.05, 4.69) is 312 Å². The third-order valence-corrected chi connectivity index (χ3v) is 26.1. The number of amides is 2. The van der Waals surface area contributed by atoms with Crippen LogP contribution in [0, 0.1) is 32.5 Å². The van der Waals surface area contributed by atoms with Crippen LogP contribution in [0.3, 0.4) is 0 Å². The molecule has 26 N–H and O–H groups in total. The zero-order valence-electron chi connectivity index (χ0n) is 82.6. The van der Waals surface area contributed by atoms with Crippen molar-refractivity contribution in [1.29, 1.82) is 32.5 Å². The Morgan fingerprint density at radius 1 is 0.254 bits per heavy atom. The van der Waals surface area contributed by atoms with E-state index in [-0.39, 0.29) is 143 Å². The van der Waals surface area contributed by atoms with E-state index in [1.807, 2.05) is 0 Å². The molecule has 0 aliphatic heterocycles. The van der Waals surface area contributed by atoms with Crippen LogP contribution in [0.1, 0.15) is 370 Å². The van der Waals surface area contributed by atoms with Crippen molar-refractivity contribution in [1.82, 2.24) is 42.5 Å². The van der Waals surface area contributed by atoms with Crippen LogP contribution in [0.4, 0.5) is 0 Å². The molecule has 0 aromatic heterocycles. The summed E-state index contributed by atoms with van der Waals surface area (Å²) in [5.41, 5.74) is 68.2. The number of nitrogens with two attached hydrogens (primary N) is 6. The molecule has 0 fully saturated rings. The highest BCUT2D eigenvalue weighted by Gasteiger charge is 2.34. The topological polar surface area (TPSA) is 430 Å². The van der Waals surface area contributed by atoms with Crippen LogP contribution in [0.25, 0.3) is 0 Å². The predicted octanol–water partition coefficient (Wildman–Crippen LogP) is 16.9. The first kappa shape index (κ1) is 100. The van der Waals surface area contributed by atoms with Gasteiger partial charge in [-0.25, -0.2) is 0 Å². The van der Waals surface area contributed by atoms with Gasteiger partial charge in [-0.05, 0) is 274 Å². The fourth-order valence-corrected chi connectivity index (χ4v) is 18.1. The molecule has 22 heteroatoms. The van der Waals surface area contributed by atoms with E-state index in [0.717, 1.165) is 167 Å². The predicted molar refractivity (Wildman–Crippen MR) is 538 cm³/mol. The SMILES string of the molecule is CC(C)(C)c1cc2cc(c1)C(CNC(=O)CCCCC(=O)NCc1c3cc(C(C)(C)C)cc1Cc1cc(C(C)(C)C)cc(c1CNC(=N)N)Cc1cc(C(C)(C)C)cc(c1CNC(=N)N)Cc1cc(C(C)(C)C)cc(c1CNC(=N)N)C3)c1cc(C(C)(C)C)cc(c1CNC(=N)N)Cc1cc(C(C)(C)C)cc(c1CNC(=N)N)Cc1cc(C(C)(C)C)cc(c1CNC(=N)N)C2. The largest absolute Gasteiger partial charge is 0.370 e. The minimum absolute atomic E-state index is 0.131. The smallest absolute Gasteiger partial charge is 0.220 e. The van der Waals surface area contributed by atoms with Crippen LogP contribution in [0.5, 0.6) is 0 Å². The van der Waals surface area contributed by atoms with Gasteiger partial charge >= 0.3 is 0 Å². The van der Waals surface area contributed by atoms with E-state index in [4.69, 9.17) is 66.9 Å². The molecule has 1 atom stereocenters. The van der Waals surface area contributed by atoms with Crippen LogP contribution in [-0.2, 0) is 144 Å². The van der Waals surface area contributed by atoms with Crippen LogP contribution in [0.15, 0.2) is 103 Å². The number of unbranched alkanes of at least 4 members (excludes halogenated alkanes) is 1. The lowest BCUT2D eigenvalue weighted by Crippen LogP contribution is -2.33. The molecular formula is C108H154N20O2. The van der Waals surface area contributed by atoms with Gasteiger partial charge in [0.25, 0.3) is 0 Å². The summed E-state index contributed by atoms with van der Waals surface area (Å²) in [5, 5.41) is 78.1. The minimum atomic E-state index is -0.455. The van der Waals surface area contributed by atoms with Crippen molar-refractivity contribution in [3.05, 3.63) is 276 Å². The zero-order chi connectivity index (χ0) is 96.2. The Kier molecular flexibility index (Phi) is 30.6. The second-order valence-electron chi connectivity index (χ2n) is 45.0. The van der Waals surface area contributed by atoms with Crippen molar-refractivity contribution in [2.45, 2.75) is 332 Å². The van der Waals surface area contributed by atoms with Crippen LogP contribution >= 0.6 is 0 Å². The highest BCUT2D eigenvalue weighted by molar-refractivity contribution is 5.79. The van der Waals surface area contributed by atoms with Crippen molar-refractivity contribution in [3.63, 3.8) is 0 Å². The molecule has 2 aliphatic rings. The molecule has 22 nitrogen and oxygen atoms in total. The first-order chi connectivity index (χ1) is 60.2. The first-order valence-electron chi connectivity index (χ1n) is 46.4. The Morgan fingerprint density at radius 3 is 0.677 bits per heavy atom. The Morgan fingerprint density at radius 2 is 0.446 bits per heavy atom. The maximum atomic E-state index is 15.2. The number of carbonyl (C=O) groups excluding carboxylic acids is 2. The number of hydrogen-bond acceptors (Lipinski definition) is 8. The Labute approximate surface area is 776 Å². The second kappa shape index (κ2) is 39.6. The Balaban J connectivity index is 1.08. The van der Waals surface area contributed by atoms with Crippen LogP contribution in [0.2, 0.25) is 0 Å². The first-order valence-corrected chi connectivity index (χ1v) is 46.4. The normalized spacial score (nSPS) is 13.9. The van der Waals surface area contributed by atoms with E-state index in [1.54, 1.807) is 0 Å². The van der Waals surface area contributed by atoms with E-state index in [0.29, 0.717) is 70.9 Å². The molecule has 8 aromatic carbocycles. The minimum Gasteiger partial charge on any atom is -0.370 e. The Hall–Kier alpha value is -11.7. The van der Waals surface area contributed by atoms with E-state index >= 15 is 9.59 Å². The van der Waals surface area contributed by atoms with Crippen LogP contribution in [-0.4, -0.2) is 54.1 Å². The summed E-state index contributed by atoms with van der Waals surface area (Å²) >= 11 is 0. The zero-order valence-corrected chi connectivity index (χ0v) is 82.6. The maximum Gasteiger partial charge on any atom is 0.220 e. The molecule has 0 spiro atoms. The molecule has 2 amide bonds. The van der Waals surface area contributed by atoms with Crippen molar-refractivity contribution in [2.24, 2.45) is 34.4 Å². The van der Waals surface area contributed by atoms with Gasteiger partial charge in [-0.3, -0.25) is 42.0 Å². The van der Waals surface area contributed by atoms with E-state index in [1.165, 1.54) is 5.56 Å². The lowest BCUT2D eigenvalue weighted by Gasteiger charge is -2.31. The maximum absolute atomic E-state index is 15.2. The number of carbonyl (C=O) groups is 2. The fraction of sp³-hybridized carbons (Fsp3) is 0.481. The number of benzene rings is 8. The summed E-state index contributed by atoms with van der Waals surface area (Å²) in [7, 11) is 0. The number of rotatable bonds is 21. The summed E-state index contributed by atoms with van der Waals surface area (Å²) in [6.07, 6.45) is 4.63. The fourth-order valence-electron chi connectivity index (χ4n) is 18.1. The summed E-state index contributed by atoms with van der Waals surface area (Å²) < 4.78 is 0. The molecular weight excluding hydrogens is 1610 g/mol. The van der Waals surface area contributed by atoms with E-state index in [9.17, 15) is 0 Å². The lowest BCUT2D eigenvalue weighted by atomic mass is 9.75. The molecule has 698 valence electrons. The van der Waals surface area contributed by atoms with Gasteiger partial charge < -0.3 is 76.9 Å². The standard InChI is InChI=1S/C108H154N20O2/c1-101(2,3)76-31-61-29-62-38-77(102(4,5)6)42-66(86(62)54-123-95(109)110)34-69-45-82(107(19,20)21)50-74(90(69)58-127-99(117)118)37-75-51-83(108(22,23)24)52-84(92(75)60-128-100(119)120)91(63(30-61)39-76)59-122-94(130)28-26-25-27-93(129)121-53-85-64-32-67-43-79(104(10,11)12)46-70(87(67)55-124-96(111)112)35-72-48-81(106(16,17)18)49-73(89(72)57-126-98(115)116)36-71-47-80(105(13,14)15)44-68(88(71)56-125-97(113)114)33-65(85)41-78(40-64)103(7,8)9/h30-31,38-52,91H,25-29,32-37,53-60H2,1-24H3,(H,121,129)(H,122,130)(H4,109,110,123)(H4,111,112,124)(H4,113,114,125)(H4,115,116,126)(H4,117,118,127)(H4,119,120,128). The monoisotopic (exact) mass is 1760 g/mol. The van der Waals surface area contributed by atoms with Crippen molar-refractivity contribution >= 4 is 47.6 Å². The molecule has 0 saturated carbocycles. The highest BCUT2D eigenvalue weighted by atomic mass is 16.2. The van der Waals surface area contributed by atoms with Gasteiger partial charge in [0.1, 0.15) is 0 Å². The van der Waals surface area contributed by atoms with Gasteiger partial charge in [0, 0.05) is 71.1 Å². The lowest BCUT2D eigenvalue weighted by molar-refractivity contribution is -0.123. The molecule has 0 radical (unpaired) electrons. The molecule has 2 aliphatic carbocycles. The Bertz CT molecular complexity index is 5510. The number of nitrogens with one attached hydrogen (secondary N) is 14. The average Bonchev–Trinajstić information content (AvgIpc) is 0.756. The third kappa shape index (κ3) is 26.1. The van der Waals surface area contributed by atoms with Crippen LogP contribution < -0.4 is 76.9 Å². The summed E-state index contributed by atoms with van der Waals surface area (Å²) in [4.78, 5) is 30.3. The molecule has 0 heterocycles. The number of fused-ring (bicyclic) bond motifs is 16. The van der Waals surface area contributed by atoms with Gasteiger partial charge in [-0.1, -0.05) is 269 Å². The van der Waals surface area contributed by atoms with Gasteiger partial charge in [0.05, 0.1) is 0 Å². The molecule has 10 rings (SSSR count). The van der Waals surface area contributed by atoms with Gasteiger partial charge in [-0.15, -0.1) is 0 Å². The quantitative estimate of drug-likeness (QED) is 0.0181. The molecule has 8 aromatic rings. The second-order valence-corrected chi connectivity index (χ2v) is 45.0. The highest BCUT2D eigenvalue weighted by Crippen LogP contribution is 2.44. The van der Waals surface area contributed by atoms with Crippen molar-refractivity contribution < 1.29 is 9.59 Å². The molecule has 1 unspecified atom stereocenters. The molecule has 0 saturated heterocycles.